The van der Waals surface area contributed by atoms with Crippen molar-refractivity contribution in [1.82, 2.24) is 15.0 Å². The first kappa shape index (κ1) is 11.2. The first-order chi connectivity index (χ1) is 8.13. The Hall–Kier alpha value is -2.28. The number of hydrogen-bond donors (Lipinski definition) is 0. The quantitative estimate of drug-likeness (QED) is 0.470. The molecule has 0 N–H and O–H groups in total. The average molecular weight is 253 g/mol. The van der Waals surface area contributed by atoms with Crippen LogP contribution in [-0.4, -0.2) is 26.2 Å². The van der Waals surface area contributed by atoms with Crippen molar-refractivity contribution >= 4 is 23.6 Å². The number of benzene rings is 1. The van der Waals surface area contributed by atoms with Gasteiger partial charge in [-0.25, -0.2) is 4.68 Å². The number of nitro groups is 1. The van der Waals surface area contributed by atoms with Crippen LogP contribution in [0.2, 0.25) is 5.02 Å². The lowest BCUT2D eigenvalue weighted by atomic mass is 10.3. The third kappa shape index (κ3) is 2.00. The van der Waals surface area contributed by atoms with Crippen LogP contribution in [0.15, 0.2) is 24.4 Å². The number of non-ortho nitro benzene ring substituents is 1. The van der Waals surface area contributed by atoms with Crippen LogP contribution in [0.4, 0.5) is 5.69 Å². The van der Waals surface area contributed by atoms with E-state index >= 15 is 0 Å². The molecule has 0 spiro atoms. The predicted octanol–water partition coefficient (Wildman–Crippen LogP) is 1.64. The van der Waals surface area contributed by atoms with Crippen LogP contribution < -0.4 is 0 Å². The zero-order valence-corrected chi connectivity index (χ0v) is 9.03. The van der Waals surface area contributed by atoms with Crippen LogP contribution >= 0.6 is 11.6 Å². The fourth-order valence-corrected chi connectivity index (χ4v) is 1.55. The van der Waals surface area contributed by atoms with E-state index in [-0.39, 0.29) is 16.4 Å². The van der Waals surface area contributed by atoms with Crippen LogP contribution in [0, 0.1) is 10.1 Å². The van der Waals surface area contributed by atoms with Crippen LogP contribution in [0.25, 0.3) is 5.69 Å². The van der Waals surface area contributed by atoms with Gasteiger partial charge in [-0.1, -0.05) is 16.8 Å². The molecule has 8 heteroatoms. The van der Waals surface area contributed by atoms with Crippen LogP contribution in [0.1, 0.15) is 10.5 Å². The molecule has 17 heavy (non-hydrogen) atoms. The Morgan fingerprint density at radius 1 is 1.47 bits per heavy atom. The fourth-order valence-electron chi connectivity index (χ4n) is 1.29. The molecule has 0 fully saturated rings. The number of halogens is 1. The zero-order chi connectivity index (χ0) is 12.4. The molecule has 1 aromatic heterocycles. The molecule has 0 amide bonds. The maximum Gasteiger partial charge on any atom is 0.271 e. The minimum atomic E-state index is -0.558. The highest BCUT2D eigenvalue weighted by Gasteiger charge is 2.13. The van der Waals surface area contributed by atoms with Crippen molar-refractivity contribution < 1.29 is 9.72 Å². The molecule has 7 nitrogen and oxygen atoms in total. The van der Waals surface area contributed by atoms with Crippen LogP contribution in [0.3, 0.4) is 0 Å². The van der Waals surface area contributed by atoms with E-state index in [1.54, 1.807) is 0 Å². The first-order valence-electron chi connectivity index (χ1n) is 4.43. The normalized spacial score (nSPS) is 10.2. The summed E-state index contributed by atoms with van der Waals surface area (Å²) >= 11 is 5.88. The summed E-state index contributed by atoms with van der Waals surface area (Å²) in [6.07, 6.45) is 1.84. The Kier molecular flexibility index (Phi) is 2.84. The van der Waals surface area contributed by atoms with Gasteiger partial charge in [0.05, 0.1) is 21.8 Å². The molecule has 1 heterocycles. The predicted molar refractivity (Wildman–Crippen MR) is 58.4 cm³/mol. The van der Waals surface area contributed by atoms with Crippen molar-refractivity contribution in [2.24, 2.45) is 0 Å². The van der Waals surface area contributed by atoms with Gasteiger partial charge in [-0.05, 0) is 6.07 Å². The Labute approximate surface area is 99.8 Å². The summed E-state index contributed by atoms with van der Waals surface area (Å²) in [7, 11) is 0. The smallest absolute Gasteiger partial charge is 0.271 e. The first-order valence-corrected chi connectivity index (χ1v) is 4.81. The monoisotopic (exact) mass is 252 g/mol. The van der Waals surface area contributed by atoms with Crippen molar-refractivity contribution in [3.63, 3.8) is 0 Å². The molecule has 2 aromatic rings. The number of nitro benzene ring substituents is 1. The zero-order valence-electron chi connectivity index (χ0n) is 8.28. The highest BCUT2D eigenvalue weighted by atomic mass is 35.5. The molecule has 2 rings (SSSR count). The molecule has 0 aliphatic heterocycles. The molecule has 0 saturated carbocycles. The number of aldehydes is 1. The standard InChI is InChI=1S/C9H5ClN4O3/c10-8-3-6(14(16)17)1-2-9(8)13-7(5-15)4-11-12-13/h1-5H. The molecule has 0 atom stereocenters. The van der Waals surface area contributed by atoms with Gasteiger partial charge in [0.25, 0.3) is 5.69 Å². The Morgan fingerprint density at radius 3 is 2.82 bits per heavy atom. The second-order valence-electron chi connectivity index (χ2n) is 3.08. The maximum atomic E-state index is 10.7. The highest BCUT2D eigenvalue weighted by Crippen LogP contribution is 2.25. The van der Waals surface area contributed by atoms with Gasteiger partial charge in [0, 0.05) is 12.1 Å². The molecule has 0 saturated heterocycles. The highest BCUT2D eigenvalue weighted by molar-refractivity contribution is 6.32. The summed E-state index contributed by atoms with van der Waals surface area (Å²) in [6.45, 7) is 0. The van der Waals surface area contributed by atoms with E-state index in [0.29, 0.717) is 12.0 Å². The van der Waals surface area contributed by atoms with Crippen molar-refractivity contribution in [3.8, 4) is 5.69 Å². The van der Waals surface area contributed by atoms with Gasteiger partial charge in [0.1, 0.15) is 5.69 Å². The van der Waals surface area contributed by atoms with Crippen LogP contribution in [0.5, 0.6) is 0 Å². The molecular weight excluding hydrogens is 248 g/mol. The van der Waals surface area contributed by atoms with E-state index in [1.165, 1.54) is 29.1 Å². The molecule has 0 radical (unpaired) electrons. The lowest BCUT2D eigenvalue weighted by Gasteiger charge is -2.04. The molecule has 0 unspecified atom stereocenters. The Balaban J connectivity index is 2.54. The lowest BCUT2D eigenvalue weighted by molar-refractivity contribution is -0.384. The number of hydrogen-bond acceptors (Lipinski definition) is 5. The molecule has 0 bridgehead atoms. The van der Waals surface area contributed by atoms with E-state index in [0.717, 1.165) is 0 Å². The van der Waals surface area contributed by atoms with E-state index < -0.39 is 4.92 Å². The summed E-state index contributed by atoms with van der Waals surface area (Å²) in [4.78, 5) is 20.7. The summed E-state index contributed by atoms with van der Waals surface area (Å²) < 4.78 is 1.21. The molecule has 0 aliphatic carbocycles. The van der Waals surface area contributed by atoms with E-state index in [9.17, 15) is 14.9 Å². The van der Waals surface area contributed by atoms with E-state index in [2.05, 4.69) is 10.3 Å². The maximum absolute atomic E-state index is 10.7. The fraction of sp³-hybridized carbons (Fsp3) is 0. The third-order valence-corrected chi connectivity index (χ3v) is 2.37. The topological polar surface area (TPSA) is 90.9 Å². The van der Waals surface area contributed by atoms with E-state index in [4.69, 9.17) is 11.6 Å². The van der Waals surface area contributed by atoms with Gasteiger partial charge >= 0.3 is 0 Å². The molecule has 86 valence electrons. The Morgan fingerprint density at radius 2 is 2.24 bits per heavy atom. The van der Waals surface area contributed by atoms with Gasteiger partial charge < -0.3 is 0 Å². The van der Waals surface area contributed by atoms with Crippen molar-refractivity contribution in [3.05, 3.63) is 45.2 Å². The Bertz CT molecular complexity index is 596. The number of carbonyl (C=O) groups is 1. The van der Waals surface area contributed by atoms with Gasteiger partial charge in [-0.3, -0.25) is 14.9 Å². The number of carbonyl (C=O) groups excluding carboxylic acids is 1. The minimum absolute atomic E-state index is 0.118. The van der Waals surface area contributed by atoms with Gasteiger partial charge in [0.15, 0.2) is 6.29 Å². The SMILES string of the molecule is O=Cc1cnnn1-c1ccc([N+](=O)[O-])cc1Cl. The summed E-state index contributed by atoms with van der Waals surface area (Å²) in [5.41, 5.74) is 0.434. The second kappa shape index (κ2) is 4.30. The summed E-state index contributed by atoms with van der Waals surface area (Å²) in [6, 6.07) is 3.87. The van der Waals surface area contributed by atoms with Crippen LogP contribution in [-0.2, 0) is 0 Å². The number of rotatable bonds is 3. The summed E-state index contributed by atoms with van der Waals surface area (Å²) in [5, 5.41) is 17.9. The molecule has 0 aliphatic rings. The summed E-state index contributed by atoms with van der Waals surface area (Å²) in [5.74, 6) is 0. The minimum Gasteiger partial charge on any atom is -0.296 e. The van der Waals surface area contributed by atoms with Gasteiger partial charge in [0.2, 0.25) is 0 Å². The van der Waals surface area contributed by atoms with Gasteiger partial charge in [-0.15, -0.1) is 5.10 Å². The molecule has 1 aromatic carbocycles. The molecular formula is C9H5ClN4O3. The van der Waals surface area contributed by atoms with Gasteiger partial charge in [-0.2, -0.15) is 0 Å². The second-order valence-corrected chi connectivity index (χ2v) is 3.49. The van der Waals surface area contributed by atoms with Crippen molar-refractivity contribution in [2.45, 2.75) is 0 Å². The van der Waals surface area contributed by atoms with Crippen molar-refractivity contribution in [2.75, 3.05) is 0 Å². The van der Waals surface area contributed by atoms with Crippen molar-refractivity contribution in [1.29, 1.82) is 0 Å². The number of nitrogens with zero attached hydrogens (tertiary/aromatic N) is 4. The third-order valence-electron chi connectivity index (χ3n) is 2.07. The average Bonchev–Trinajstić information content (AvgIpc) is 2.76. The lowest BCUT2D eigenvalue weighted by Crippen LogP contribution is -2.02. The number of aromatic nitrogens is 3. The van der Waals surface area contributed by atoms with E-state index in [1.807, 2.05) is 0 Å². The largest absolute Gasteiger partial charge is 0.296 e.